The number of nitrogens with two attached hydrogens (primary N) is 1. The van der Waals surface area contributed by atoms with Crippen molar-refractivity contribution in [1.82, 2.24) is 9.80 Å². The predicted molar refractivity (Wildman–Crippen MR) is 70.7 cm³/mol. The maximum atomic E-state index is 5.99. The zero-order chi connectivity index (χ0) is 11.7. The van der Waals surface area contributed by atoms with Crippen molar-refractivity contribution in [1.29, 1.82) is 0 Å². The normalized spacial score (nSPS) is 22.8. The zero-order valence-electron chi connectivity index (χ0n) is 10.3. The predicted octanol–water partition coefficient (Wildman–Crippen LogP) is 1.55. The van der Waals surface area contributed by atoms with Crippen molar-refractivity contribution in [2.24, 2.45) is 0 Å². The zero-order valence-corrected chi connectivity index (χ0v) is 10.3. The van der Waals surface area contributed by atoms with Crippen molar-refractivity contribution in [3.05, 3.63) is 29.8 Å². The van der Waals surface area contributed by atoms with Crippen molar-refractivity contribution in [3.63, 3.8) is 0 Å². The van der Waals surface area contributed by atoms with Gasteiger partial charge in [-0.1, -0.05) is 18.2 Å². The molecule has 0 atom stereocenters. The van der Waals surface area contributed by atoms with E-state index in [0.717, 1.165) is 18.3 Å². The Morgan fingerprint density at radius 2 is 1.76 bits per heavy atom. The van der Waals surface area contributed by atoms with Crippen LogP contribution in [0.2, 0.25) is 0 Å². The van der Waals surface area contributed by atoms with Crippen molar-refractivity contribution >= 4 is 5.69 Å². The number of piperazine rings is 1. The number of nitrogens with zero attached hydrogens (tertiary/aromatic N) is 2. The number of anilines is 1. The van der Waals surface area contributed by atoms with Gasteiger partial charge in [0.05, 0.1) is 0 Å². The van der Waals surface area contributed by atoms with Crippen LogP contribution in [-0.2, 0) is 6.54 Å². The molecule has 1 saturated carbocycles. The van der Waals surface area contributed by atoms with Gasteiger partial charge in [-0.2, -0.15) is 0 Å². The van der Waals surface area contributed by atoms with Crippen LogP contribution < -0.4 is 5.73 Å². The average molecular weight is 231 g/mol. The molecule has 0 amide bonds. The molecular weight excluding hydrogens is 210 g/mol. The summed E-state index contributed by atoms with van der Waals surface area (Å²) in [6, 6.07) is 9.13. The van der Waals surface area contributed by atoms with Gasteiger partial charge >= 0.3 is 0 Å². The lowest BCUT2D eigenvalue weighted by Crippen LogP contribution is -2.46. The monoisotopic (exact) mass is 231 g/mol. The van der Waals surface area contributed by atoms with Gasteiger partial charge < -0.3 is 5.73 Å². The average Bonchev–Trinajstić information content (AvgIpc) is 3.17. The Morgan fingerprint density at radius 3 is 2.41 bits per heavy atom. The molecule has 2 N–H and O–H groups in total. The topological polar surface area (TPSA) is 32.5 Å². The number of rotatable bonds is 3. The maximum absolute atomic E-state index is 5.99. The smallest absolute Gasteiger partial charge is 0.0359 e. The molecule has 3 heteroatoms. The first-order valence-electron chi connectivity index (χ1n) is 6.63. The molecule has 1 heterocycles. The molecule has 0 aromatic heterocycles. The molecule has 1 aliphatic heterocycles. The Bertz CT molecular complexity index is 379. The van der Waals surface area contributed by atoms with E-state index in [9.17, 15) is 0 Å². The van der Waals surface area contributed by atoms with Gasteiger partial charge in [0.15, 0.2) is 0 Å². The van der Waals surface area contributed by atoms with Crippen LogP contribution in [0.25, 0.3) is 0 Å². The maximum Gasteiger partial charge on any atom is 0.0359 e. The molecule has 1 aliphatic carbocycles. The quantitative estimate of drug-likeness (QED) is 0.801. The summed E-state index contributed by atoms with van der Waals surface area (Å²) in [5.74, 6) is 0. The van der Waals surface area contributed by atoms with Crippen LogP contribution in [0.3, 0.4) is 0 Å². The summed E-state index contributed by atoms with van der Waals surface area (Å²) in [5, 5.41) is 0. The molecule has 0 radical (unpaired) electrons. The molecule has 3 rings (SSSR count). The number of hydrogen-bond acceptors (Lipinski definition) is 3. The summed E-state index contributed by atoms with van der Waals surface area (Å²) < 4.78 is 0. The third kappa shape index (κ3) is 2.61. The molecule has 2 aliphatic rings. The fourth-order valence-corrected chi connectivity index (χ4v) is 2.65. The van der Waals surface area contributed by atoms with E-state index in [-0.39, 0.29) is 0 Å². The van der Waals surface area contributed by atoms with Gasteiger partial charge in [-0.25, -0.2) is 0 Å². The lowest BCUT2D eigenvalue weighted by atomic mass is 10.1. The highest BCUT2D eigenvalue weighted by molar-refractivity contribution is 5.46. The fourth-order valence-electron chi connectivity index (χ4n) is 2.65. The van der Waals surface area contributed by atoms with Crippen molar-refractivity contribution in [2.75, 3.05) is 31.9 Å². The van der Waals surface area contributed by atoms with E-state index in [1.807, 2.05) is 12.1 Å². The van der Waals surface area contributed by atoms with Crippen LogP contribution >= 0.6 is 0 Å². The Hall–Kier alpha value is -1.06. The second kappa shape index (κ2) is 4.67. The molecule has 17 heavy (non-hydrogen) atoms. The van der Waals surface area contributed by atoms with Crippen LogP contribution in [0.4, 0.5) is 5.69 Å². The number of benzene rings is 1. The van der Waals surface area contributed by atoms with Gasteiger partial charge in [-0.15, -0.1) is 0 Å². The van der Waals surface area contributed by atoms with Crippen molar-refractivity contribution in [2.45, 2.75) is 25.4 Å². The Kier molecular flexibility index (Phi) is 3.04. The minimum Gasteiger partial charge on any atom is -0.398 e. The van der Waals surface area contributed by atoms with Crippen LogP contribution in [0, 0.1) is 0 Å². The number of para-hydroxylation sites is 1. The van der Waals surface area contributed by atoms with Crippen molar-refractivity contribution < 1.29 is 0 Å². The molecule has 3 nitrogen and oxygen atoms in total. The summed E-state index contributed by atoms with van der Waals surface area (Å²) >= 11 is 0. The Balaban J connectivity index is 1.55. The Labute approximate surface area is 103 Å². The highest BCUT2D eigenvalue weighted by atomic mass is 15.3. The van der Waals surface area contributed by atoms with E-state index in [2.05, 4.69) is 21.9 Å². The lowest BCUT2D eigenvalue weighted by Gasteiger charge is -2.35. The molecule has 1 aromatic rings. The van der Waals surface area contributed by atoms with E-state index in [4.69, 9.17) is 5.73 Å². The van der Waals surface area contributed by atoms with Gasteiger partial charge in [0.1, 0.15) is 0 Å². The summed E-state index contributed by atoms with van der Waals surface area (Å²) in [6.45, 7) is 5.84. The van der Waals surface area contributed by atoms with E-state index >= 15 is 0 Å². The molecule has 0 spiro atoms. The highest BCUT2D eigenvalue weighted by Gasteiger charge is 2.31. The van der Waals surface area contributed by atoms with Gasteiger partial charge in [0.2, 0.25) is 0 Å². The first-order chi connectivity index (χ1) is 8.33. The van der Waals surface area contributed by atoms with Gasteiger partial charge in [0, 0.05) is 44.5 Å². The van der Waals surface area contributed by atoms with Crippen LogP contribution in [0.1, 0.15) is 18.4 Å². The standard InChI is InChI=1S/C14H21N3/c15-14-4-2-1-3-12(14)11-16-7-9-17(10-8-16)13-5-6-13/h1-4,13H,5-11,15H2. The summed E-state index contributed by atoms with van der Waals surface area (Å²) in [7, 11) is 0. The van der Waals surface area contributed by atoms with E-state index in [1.165, 1.54) is 44.6 Å². The van der Waals surface area contributed by atoms with Gasteiger partial charge in [0.25, 0.3) is 0 Å². The number of nitrogen functional groups attached to an aromatic ring is 1. The summed E-state index contributed by atoms with van der Waals surface area (Å²) in [6.07, 6.45) is 2.84. The van der Waals surface area contributed by atoms with E-state index < -0.39 is 0 Å². The number of hydrogen-bond donors (Lipinski definition) is 1. The Morgan fingerprint density at radius 1 is 1.06 bits per heavy atom. The third-order valence-electron chi connectivity index (χ3n) is 3.92. The largest absolute Gasteiger partial charge is 0.398 e. The molecule has 92 valence electrons. The van der Waals surface area contributed by atoms with Crippen LogP contribution in [0.5, 0.6) is 0 Å². The molecule has 1 aromatic carbocycles. The highest BCUT2D eigenvalue weighted by Crippen LogP contribution is 2.27. The summed E-state index contributed by atoms with van der Waals surface area (Å²) in [4.78, 5) is 5.16. The van der Waals surface area contributed by atoms with E-state index in [0.29, 0.717) is 0 Å². The minimum atomic E-state index is 0.916. The lowest BCUT2D eigenvalue weighted by molar-refractivity contribution is 0.121. The molecule has 0 unspecified atom stereocenters. The van der Waals surface area contributed by atoms with Gasteiger partial charge in [-0.05, 0) is 24.5 Å². The second-order valence-corrected chi connectivity index (χ2v) is 5.24. The minimum absolute atomic E-state index is 0.916. The first kappa shape index (κ1) is 11.1. The van der Waals surface area contributed by atoms with E-state index in [1.54, 1.807) is 0 Å². The molecular formula is C14H21N3. The van der Waals surface area contributed by atoms with Gasteiger partial charge in [-0.3, -0.25) is 9.80 Å². The molecule has 2 fully saturated rings. The first-order valence-corrected chi connectivity index (χ1v) is 6.63. The third-order valence-corrected chi connectivity index (χ3v) is 3.92. The fraction of sp³-hybridized carbons (Fsp3) is 0.571. The summed E-state index contributed by atoms with van der Waals surface area (Å²) in [5.41, 5.74) is 8.18. The molecule has 0 bridgehead atoms. The SMILES string of the molecule is Nc1ccccc1CN1CCN(C2CC2)CC1. The molecule has 1 saturated heterocycles. The second-order valence-electron chi connectivity index (χ2n) is 5.24. The van der Waals surface area contributed by atoms with Crippen molar-refractivity contribution in [3.8, 4) is 0 Å². The van der Waals surface area contributed by atoms with Crippen LogP contribution in [0.15, 0.2) is 24.3 Å². The van der Waals surface area contributed by atoms with Crippen LogP contribution in [-0.4, -0.2) is 42.0 Å².